The lowest BCUT2D eigenvalue weighted by atomic mass is 10.1. The zero-order valence-corrected chi connectivity index (χ0v) is 12.0. The number of hydrogen-bond acceptors (Lipinski definition) is 3. The fourth-order valence-electron chi connectivity index (χ4n) is 1.71. The van der Waals surface area contributed by atoms with Crippen molar-refractivity contribution in [2.24, 2.45) is 0 Å². The van der Waals surface area contributed by atoms with Gasteiger partial charge in [-0.05, 0) is 47.5 Å². The van der Waals surface area contributed by atoms with Crippen LogP contribution in [0.2, 0.25) is 0 Å². The van der Waals surface area contributed by atoms with E-state index in [1.165, 1.54) is 0 Å². The van der Waals surface area contributed by atoms with Crippen LogP contribution in [-0.2, 0) is 6.54 Å². The normalized spacial score (nSPS) is 10.4. The van der Waals surface area contributed by atoms with E-state index in [4.69, 9.17) is 0 Å². The number of pyridine rings is 1. The molecule has 2 rings (SSSR count). The SMILES string of the molecule is Cc1ccc(O)c(CNc2cnc(Br)c(C)c2)c1. The Morgan fingerprint density at radius 2 is 2.06 bits per heavy atom. The molecule has 0 saturated heterocycles. The molecule has 0 unspecified atom stereocenters. The van der Waals surface area contributed by atoms with Gasteiger partial charge in [-0.1, -0.05) is 17.7 Å². The monoisotopic (exact) mass is 306 g/mol. The average molecular weight is 307 g/mol. The van der Waals surface area contributed by atoms with Crippen molar-refractivity contribution in [3.8, 4) is 5.75 Å². The van der Waals surface area contributed by atoms with Crippen molar-refractivity contribution in [1.82, 2.24) is 4.98 Å². The molecule has 0 aliphatic carbocycles. The quantitative estimate of drug-likeness (QED) is 0.848. The van der Waals surface area contributed by atoms with Crippen molar-refractivity contribution >= 4 is 21.6 Å². The summed E-state index contributed by atoms with van der Waals surface area (Å²) >= 11 is 3.37. The standard InChI is InChI=1S/C14H15BrN2O/c1-9-3-4-13(18)11(5-9)7-16-12-6-10(2)14(15)17-8-12/h3-6,8,16,18H,7H2,1-2H3. The molecule has 0 amide bonds. The number of rotatable bonds is 3. The molecule has 2 N–H and O–H groups in total. The number of aryl methyl sites for hydroxylation is 2. The third-order valence-corrected chi connectivity index (χ3v) is 3.56. The maximum atomic E-state index is 9.75. The second kappa shape index (κ2) is 5.40. The molecule has 18 heavy (non-hydrogen) atoms. The van der Waals surface area contributed by atoms with Crippen molar-refractivity contribution in [2.75, 3.05) is 5.32 Å². The van der Waals surface area contributed by atoms with Crippen LogP contribution >= 0.6 is 15.9 Å². The molecule has 0 radical (unpaired) electrons. The lowest BCUT2D eigenvalue weighted by Gasteiger charge is -2.09. The Bertz CT molecular complexity index is 570. The zero-order valence-electron chi connectivity index (χ0n) is 10.4. The predicted octanol–water partition coefficient (Wildman–Crippen LogP) is 3.78. The highest BCUT2D eigenvalue weighted by Gasteiger charge is 2.02. The minimum Gasteiger partial charge on any atom is -0.508 e. The maximum Gasteiger partial charge on any atom is 0.120 e. The smallest absolute Gasteiger partial charge is 0.120 e. The Labute approximate surface area is 115 Å². The lowest BCUT2D eigenvalue weighted by Crippen LogP contribution is -2.01. The molecule has 2 aromatic rings. The molecule has 1 aromatic carbocycles. The molecule has 0 bridgehead atoms. The summed E-state index contributed by atoms with van der Waals surface area (Å²) in [6.45, 7) is 4.58. The Morgan fingerprint density at radius 3 is 2.78 bits per heavy atom. The van der Waals surface area contributed by atoms with Gasteiger partial charge in [-0.25, -0.2) is 4.98 Å². The highest BCUT2D eigenvalue weighted by Crippen LogP contribution is 2.21. The van der Waals surface area contributed by atoms with Gasteiger partial charge in [-0.3, -0.25) is 0 Å². The predicted molar refractivity (Wildman–Crippen MR) is 76.8 cm³/mol. The molecule has 0 aliphatic heterocycles. The van der Waals surface area contributed by atoms with Gasteiger partial charge in [0.25, 0.3) is 0 Å². The maximum absolute atomic E-state index is 9.75. The Balaban J connectivity index is 2.11. The number of aromatic hydroxyl groups is 1. The first-order valence-corrected chi connectivity index (χ1v) is 6.50. The topological polar surface area (TPSA) is 45.1 Å². The van der Waals surface area contributed by atoms with Gasteiger partial charge in [0.2, 0.25) is 0 Å². The first-order valence-electron chi connectivity index (χ1n) is 5.71. The van der Waals surface area contributed by atoms with Crippen molar-refractivity contribution in [2.45, 2.75) is 20.4 Å². The van der Waals surface area contributed by atoms with Gasteiger partial charge in [0.1, 0.15) is 10.4 Å². The second-order valence-corrected chi connectivity index (χ2v) is 5.07. The number of benzene rings is 1. The number of phenols is 1. The number of halogens is 1. The van der Waals surface area contributed by atoms with E-state index in [1.54, 1.807) is 12.3 Å². The summed E-state index contributed by atoms with van der Waals surface area (Å²) in [4.78, 5) is 4.22. The Hall–Kier alpha value is -1.55. The number of hydrogen-bond donors (Lipinski definition) is 2. The van der Waals surface area contributed by atoms with E-state index in [9.17, 15) is 5.11 Å². The summed E-state index contributed by atoms with van der Waals surface area (Å²) in [5.41, 5.74) is 4.04. The summed E-state index contributed by atoms with van der Waals surface area (Å²) in [6.07, 6.45) is 1.77. The van der Waals surface area contributed by atoms with Crippen molar-refractivity contribution < 1.29 is 5.11 Å². The van der Waals surface area contributed by atoms with Gasteiger partial charge in [0.15, 0.2) is 0 Å². The van der Waals surface area contributed by atoms with Crippen LogP contribution in [0.5, 0.6) is 5.75 Å². The number of nitrogens with zero attached hydrogens (tertiary/aromatic N) is 1. The van der Waals surface area contributed by atoms with E-state index in [0.29, 0.717) is 12.3 Å². The van der Waals surface area contributed by atoms with Crippen LogP contribution in [0.3, 0.4) is 0 Å². The molecule has 3 nitrogen and oxygen atoms in total. The van der Waals surface area contributed by atoms with Gasteiger partial charge in [0, 0.05) is 12.1 Å². The molecule has 1 heterocycles. The second-order valence-electron chi connectivity index (χ2n) is 4.32. The third kappa shape index (κ3) is 3.01. The largest absolute Gasteiger partial charge is 0.508 e. The summed E-state index contributed by atoms with van der Waals surface area (Å²) in [6, 6.07) is 7.60. The molecule has 4 heteroatoms. The van der Waals surface area contributed by atoms with E-state index in [-0.39, 0.29) is 0 Å². The summed E-state index contributed by atoms with van der Waals surface area (Å²) < 4.78 is 0.853. The molecule has 0 fully saturated rings. The lowest BCUT2D eigenvalue weighted by molar-refractivity contribution is 0.469. The number of aromatic nitrogens is 1. The van der Waals surface area contributed by atoms with E-state index in [1.807, 2.05) is 32.0 Å². The van der Waals surface area contributed by atoms with Crippen LogP contribution in [0.4, 0.5) is 5.69 Å². The fraction of sp³-hybridized carbons (Fsp3) is 0.214. The molecule has 0 aliphatic rings. The van der Waals surface area contributed by atoms with Crippen LogP contribution in [-0.4, -0.2) is 10.1 Å². The van der Waals surface area contributed by atoms with Gasteiger partial charge >= 0.3 is 0 Å². The number of phenolic OH excluding ortho intramolecular Hbond substituents is 1. The zero-order chi connectivity index (χ0) is 13.1. The van der Waals surface area contributed by atoms with E-state index < -0.39 is 0 Å². The summed E-state index contributed by atoms with van der Waals surface area (Å²) in [7, 11) is 0. The van der Waals surface area contributed by atoms with Crippen LogP contribution in [0.1, 0.15) is 16.7 Å². The molecular formula is C14H15BrN2O. The fourth-order valence-corrected chi connectivity index (χ4v) is 1.92. The molecule has 94 valence electrons. The van der Waals surface area contributed by atoms with E-state index in [0.717, 1.165) is 27.0 Å². The summed E-state index contributed by atoms with van der Waals surface area (Å²) in [5.74, 6) is 0.315. The minimum absolute atomic E-state index is 0.315. The molecule has 0 spiro atoms. The Morgan fingerprint density at radius 1 is 1.28 bits per heavy atom. The van der Waals surface area contributed by atoms with Gasteiger partial charge in [-0.15, -0.1) is 0 Å². The van der Waals surface area contributed by atoms with Crippen molar-refractivity contribution in [1.29, 1.82) is 0 Å². The minimum atomic E-state index is 0.315. The first-order chi connectivity index (χ1) is 8.56. The van der Waals surface area contributed by atoms with Gasteiger partial charge in [0.05, 0.1) is 11.9 Å². The summed E-state index contributed by atoms with van der Waals surface area (Å²) in [5, 5.41) is 13.0. The molecular weight excluding hydrogens is 292 g/mol. The number of anilines is 1. The Kier molecular flexibility index (Phi) is 3.87. The highest BCUT2D eigenvalue weighted by molar-refractivity contribution is 9.10. The third-order valence-electron chi connectivity index (χ3n) is 2.73. The van der Waals surface area contributed by atoms with Crippen LogP contribution < -0.4 is 5.32 Å². The van der Waals surface area contributed by atoms with Crippen molar-refractivity contribution in [3.05, 3.63) is 51.8 Å². The van der Waals surface area contributed by atoms with E-state index >= 15 is 0 Å². The highest BCUT2D eigenvalue weighted by atomic mass is 79.9. The molecule has 0 saturated carbocycles. The molecule has 0 atom stereocenters. The first kappa shape index (κ1) is 12.9. The van der Waals surface area contributed by atoms with Crippen LogP contribution in [0, 0.1) is 13.8 Å². The average Bonchev–Trinajstić information content (AvgIpc) is 2.34. The number of nitrogens with one attached hydrogen (secondary N) is 1. The van der Waals surface area contributed by atoms with Crippen LogP contribution in [0.15, 0.2) is 35.1 Å². The van der Waals surface area contributed by atoms with Crippen molar-refractivity contribution in [3.63, 3.8) is 0 Å². The van der Waals surface area contributed by atoms with Gasteiger partial charge in [-0.2, -0.15) is 0 Å². The molecule has 1 aromatic heterocycles. The van der Waals surface area contributed by atoms with E-state index in [2.05, 4.69) is 26.2 Å². The van der Waals surface area contributed by atoms with Gasteiger partial charge < -0.3 is 10.4 Å². The van der Waals surface area contributed by atoms with Crippen LogP contribution in [0.25, 0.3) is 0 Å².